The topological polar surface area (TPSA) is 46.4 Å². The van der Waals surface area contributed by atoms with Crippen molar-refractivity contribution in [3.8, 4) is 11.3 Å². The summed E-state index contributed by atoms with van der Waals surface area (Å²) in [5.74, 6) is -0.741. The zero-order chi connectivity index (χ0) is 18.1. The second-order valence-corrected chi connectivity index (χ2v) is 6.99. The summed E-state index contributed by atoms with van der Waals surface area (Å²) in [6.45, 7) is 0. The van der Waals surface area contributed by atoms with Gasteiger partial charge in [-0.25, -0.2) is 9.37 Å². The quantitative estimate of drug-likeness (QED) is 0.535. The van der Waals surface area contributed by atoms with E-state index in [1.54, 1.807) is 12.1 Å². The zero-order valence-corrected chi connectivity index (χ0v) is 15.0. The van der Waals surface area contributed by atoms with Crippen molar-refractivity contribution in [2.45, 2.75) is 6.42 Å². The molecule has 4 aromatic rings. The van der Waals surface area contributed by atoms with Crippen LogP contribution in [0.5, 0.6) is 0 Å². The lowest BCUT2D eigenvalue weighted by molar-refractivity contribution is -0.115. The average molecular weight is 386 g/mol. The number of hydrogen-bond acceptors (Lipinski definition) is 3. The molecule has 0 saturated heterocycles. The molecule has 7 heteroatoms. The van der Waals surface area contributed by atoms with Gasteiger partial charge in [0.2, 0.25) is 5.91 Å². The molecule has 0 atom stereocenters. The number of halogens is 2. The van der Waals surface area contributed by atoms with Crippen molar-refractivity contribution in [2.75, 3.05) is 5.32 Å². The second kappa shape index (κ2) is 6.90. The normalized spacial score (nSPS) is 11.0. The van der Waals surface area contributed by atoms with E-state index in [9.17, 15) is 9.18 Å². The van der Waals surface area contributed by atoms with E-state index < -0.39 is 5.82 Å². The minimum atomic E-state index is -0.456. The summed E-state index contributed by atoms with van der Waals surface area (Å²) in [6, 6.07) is 13.6. The number of imidazole rings is 1. The Kier molecular flexibility index (Phi) is 4.44. The molecule has 26 heavy (non-hydrogen) atoms. The first-order chi connectivity index (χ1) is 12.6. The van der Waals surface area contributed by atoms with Crippen molar-refractivity contribution in [3.63, 3.8) is 0 Å². The summed E-state index contributed by atoms with van der Waals surface area (Å²) in [6.07, 6.45) is 2.00. The largest absolute Gasteiger partial charge is 0.323 e. The highest BCUT2D eigenvalue weighted by molar-refractivity contribution is 7.15. The summed E-state index contributed by atoms with van der Waals surface area (Å²) in [5.41, 5.74) is 2.67. The van der Waals surface area contributed by atoms with Crippen LogP contribution in [0, 0.1) is 5.82 Å². The molecule has 1 amide bonds. The number of nitrogens with one attached hydrogen (secondary N) is 1. The number of carbonyl (C=O) groups excluding carboxylic acids is 1. The van der Waals surface area contributed by atoms with Gasteiger partial charge in [0, 0.05) is 27.9 Å². The van der Waals surface area contributed by atoms with E-state index in [1.807, 2.05) is 40.2 Å². The number of nitrogens with zero attached hydrogens (tertiary/aromatic N) is 2. The van der Waals surface area contributed by atoms with Gasteiger partial charge in [-0.15, -0.1) is 11.3 Å². The van der Waals surface area contributed by atoms with Gasteiger partial charge in [0.15, 0.2) is 4.96 Å². The molecule has 0 saturated carbocycles. The van der Waals surface area contributed by atoms with E-state index in [4.69, 9.17) is 11.6 Å². The molecule has 1 N–H and O–H groups in total. The number of aromatic nitrogens is 2. The van der Waals surface area contributed by atoms with Gasteiger partial charge in [0.25, 0.3) is 0 Å². The second-order valence-electron chi connectivity index (χ2n) is 5.72. The third-order valence-corrected chi connectivity index (χ3v) is 5.02. The Morgan fingerprint density at radius 2 is 2.08 bits per heavy atom. The maximum atomic E-state index is 13.7. The molecule has 0 bridgehead atoms. The highest BCUT2D eigenvalue weighted by atomic mass is 35.5. The van der Waals surface area contributed by atoms with E-state index in [-0.39, 0.29) is 18.0 Å². The van der Waals surface area contributed by atoms with Crippen LogP contribution in [-0.2, 0) is 11.2 Å². The Morgan fingerprint density at radius 3 is 2.88 bits per heavy atom. The molecule has 0 aliphatic rings. The van der Waals surface area contributed by atoms with Crippen molar-refractivity contribution in [3.05, 3.63) is 76.6 Å². The number of benzene rings is 2. The van der Waals surface area contributed by atoms with Crippen LogP contribution in [0.1, 0.15) is 5.69 Å². The molecule has 4 rings (SSSR count). The number of carbonyl (C=O) groups is 1. The maximum absolute atomic E-state index is 13.7. The lowest BCUT2D eigenvalue weighted by Crippen LogP contribution is -2.16. The maximum Gasteiger partial charge on any atom is 0.230 e. The third-order valence-electron chi connectivity index (χ3n) is 3.89. The van der Waals surface area contributed by atoms with Gasteiger partial charge in [0.05, 0.1) is 17.8 Å². The Balaban J connectivity index is 1.57. The van der Waals surface area contributed by atoms with Crippen LogP contribution in [0.25, 0.3) is 16.2 Å². The number of anilines is 1. The molecular formula is C19H13ClFN3OS. The summed E-state index contributed by atoms with van der Waals surface area (Å²) in [5, 5.41) is 5.12. The van der Waals surface area contributed by atoms with Gasteiger partial charge in [-0.3, -0.25) is 9.20 Å². The lowest BCUT2D eigenvalue weighted by atomic mass is 10.2. The number of fused-ring (bicyclic) bond motifs is 1. The van der Waals surface area contributed by atoms with Crippen molar-refractivity contribution >= 4 is 39.5 Å². The number of para-hydroxylation sites is 1. The zero-order valence-electron chi connectivity index (χ0n) is 13.4. The predicted octanol–water partition coefficient (Wildman–Crippen LogP) is 5.04. The van der Waals surface area contributed by atoms with E-state index in [1.165, 1.54) is 23.5 Å². The van der Waals surface area contributed by atoms with E-state index >= 15 is 0 Å². The average Bonchev–Trinajstić information content (AvgIpc) is 3.19. The molecule has 4 nitrogen and oxygen atoms in total. The number of rotatable bonds is 4. The van der Waals surface area contributed by atoms with Gasteiger partial charge < -0.3 is 5.32 Å². The summed E-state index contributed by atoms with van der Waals surface area (Å²) in [7, 11) is 0. The molecule has 0 unspecified atom stereocenters. The SMILES string of the molecule is O=C(Cc1csc2nc(-c3cccc(Cl)c3)cn12)Nc1ccccc1F. The Hall–Kier alpha value is -2.70. The smallest absolute Gasteiger partial charge is 0.230 e. The Labute approximate surface area is 157 Å². The molecular weight excluding hydrogens is 373 g/mol. The predicted molar refractivity (Wildman–Crippen MR) is 102 cm³/mol. The third kappa shape index (κ3) is 3.34. The van der Waals surface area contributed by atoms with Crippen molar-refractivity contribution in [1.29, 1.82) is 0 Å². The summed E-state index contributed by atoms with van der Waals surface area (Å²) >= 11 is 7.49. The van der Waals surface area contributed by atoms with Crippen molar-refractivity contribution in [1.82, 2.24) is 9.38 Å². The van der Waals surface area contributed by atoms with Crippen LogP contribution in [-0.4, -0.2) is 15.3 Å². The molecule has 2 aromatic heterocycles. The van der Waals surface area contributed by atoms with E-state index in [0.717, 1.165) is 21.9 Å². The highest BCUT2D eigenvalue weighted by Gasteiger charge is 2.14. The number of thiazole rings is 1. The molecule has 0 aliphatic carbocycles. The van der Waals surface area contributed by atoms with Gasteiger partial charge >= 0.3 is 0 Å². The first-order valence-electron chi connectivity index (χ1n) is 7.86. The molecule has 2 heterocycles. The van der Waals surface area contributed by atoms with Crippen LogP contribution in [0.2, 0.25) is 5.02 Å². The van der Waals surface area contributed by atoms with Crippen molar-refractivity contribution in [2.24, 2.45) is 0 Å². The van der Waals surface area contributed by atoms with Crippen LogP contribution in [0.4, 0.5) is 10.1 Å². The van der Waals surface area contributed by atoms with Gasteiger partial charge in [-0.1, -0.05) is 35.9 Å². The molecule has 0 spiro atoms. The molecule has 2 aromatic carbocycles. The number of amides is 1. The molecule has 0 radical (unpaired) electrons. The van der Waals surface area contributed by atoms with Crippen LogP contribution < -0.4 is 5.32 Å². The molecule has 0 aliphatic heterocycles. The van der Waals surface area contributed by atoms with Gasteiger partial charge in [-0.2, -0.15) is 0 Å². The standard InChI is InChI=1S/C19H13ClFN3OS/c20-13-5-3-4-12(8-13)17-10-24-14(11-26-19(24)23-17)9-18(25)22-16-7-2-1-6-15(16)21/h1-8,10-11H,9H2,(H,22,25). The summed E-state index contributed by atoms with van der Waals surface area (Å²) in [4.78, 5) is 17.6. The van der Waals surface area contributed by atoms with Gasteiger partial charge in [0.1, 0.15) is 5.82 Å². The van der Waals surface area contributed by atoms with Gasteiger partial charge in [-0.05, 0) is 24.3 Å². The Bertz CT molecular complexity index is 1110. The monoisotopic (exact) mass is 385 g/mol. The molecule has 130 valence electrons. The van der Waals surface area contributed by atoms with E-state index in [2.05, 4.69) is 10.3 Å². The van der Waals surface area contributed by atoms with E-state index in [0.29, 0.717) is 5.02 Å². The summed E-state index contributed by atoms with van der Waals surface area (Å²) < 4.78 is 15.5. The first-order valence-corrected chi connectivity index (χ1v) is 9.12. The molecule has 0 fully saturated rings. The van der Waals surface area contributed by atoms with Crippen LogP contribution in [0.15, 0.2) is 60.1 Å². The van der Waals surface area contributed by atoms with Crippen molar-refractivity contribution < 1.29 is 9.18 Å². The minimum absolute atomic E-state index is 0.125. The van der Waals surface area contributed by atoms with Crippen LogP contribution in [0.3, 0.4) is 0 Å². The van der Waals surface area contributed by atoms with Crippen LogP contribution >= 0.6 is 22.9 Å². The lowest BCUT2D eigenvalue weighted by Gasteiger charge is -2.05. The minimum Gasteiger partial charge on any atom is -0.323 e. The fourth-order valence-electron chi connectivity index (χ4n) is 2.66. The number of hydrogen-bond donors (Lipinski definition) is 1. The first kappa shape index (κ1) is 16.8. The fraction of sp³-hybridized carbons (Fsp3) is 0.0526. The fourth-order valence-corrected chi connectivity index (χ4v) is 3.73. The highest BCUT2D eigenvalue weighted by Crippen LogP contribution is 2.26. The Morgan fingerprint density at radius 1 is 1.23 bits per heavy atom.